The van der Waals surface area contributed by atoms with Crippen LogP contribution in [-0.4, -0.2) is 36.8 Å². The third-order valence-electron chi connectivity index (χ3n) is 3.54. The van der Waals surface area contributed by atoms with E-state index in [4.69, 9.17) is 0 Å². The average Bonchev–Trinajstić information content (AvgIpc) is 2.23. The van der Waals surface area contributed by atoms with Crippen molar-refractivity contribution in [3.05, 3.63) is 23.8 Å². The Hall–Kier alpha value is 0.817. The van der Waals surface area contributed by atoms with Gasteiger partial charge >= 0.3 is 123 Å². The Labute approximate surface area is 122 Å². The van der Waals surface area contributed by atoms with Gasteiger partial charge in [-0.15, -0.1) is 0 Å². The van der Waals surface area contributed by atoms with Crippen LogP contribution in [0.5, 0.6) is 0 Å². The first kappa shape index (κ1) is 16.9. The van der Waals surface area contributed by atoms with Crippen molar-refractivity contribution >= 4 is 43.9 Å². The Morgan fingerprint density at radius 3 is 1.56 bits per heavy atom. The monoisotopic (exact) mass is 462 g/mol. The van der Waals surface area contributed by atoms with Gasteiger partial charge in [-0.3, -0.25) is 0 Å². The van der Waals surface area contributed by atoms with Crippen LogP contribution in [0.3, 0.4) is 0 Å². The van der Waals surface area contributed by atoms with Crippen molar-refractivity contribution in [2.75, 3.05) is 0 Å². The van der Waals surface area contributed by atoms with Crippen LogP contribution in [0.25, 0.3) is 0 Å². The summed E-state index contributed by atoms with van der Waals surface area (Å²) in [5, 5.41) is 0. The van der Waals surface area contributed by atoms with Crippen molar-refractivity contribution in [3.63, 3.8) is 0 Å². The molecule has 0 aromatic heterocycles. The first-order valence-electron chi connectivity index (χ1n) is 7.29. The summed E-state index contributed by atoms with van der Waals surface area (Å²) in [7, 11) is 0. The number of aryl methyl sites for hydroxylation is 1. The van der Waals surface area contributed by atoms with Gasteiger partial charge in [0.05, 0.1) is 0 Å². The van der Waals surface area contributed by atoms with E-state index in [0.29, 0.717) is 0 Å². The van der Waals surface area contributed by atoms with Gasteiger partial charge in [-0.05, 0) is 0 Å². The van der Waals surface area contributed by atoms with Crippen LogP contribution in [-0.2, 0) is 6.42 Å². The number of hydrogen-bond donors (Lipinski definition) is 0. The summed E-state index contributed by atoms with van der Waals surface area (Å²) in [6.45, 7) is 2.29. The van der Waals surface area contributed by atoms with Gasteiger partial charge in [-0.25, -0.2) is 0 Å². The fourth-order valence-electron chi connectivity index (χ4n) is 2.08. The quantitative estimate of drug-likeness (QED) is 0.581. The number of benzene rings is 1. The number of rotatable bonds is 5. The first-order chi connectivity index (χ1) is 8.14. The molecule has 0 aliphatic carbocycles. The van der Waals surface area contributed by atoms with Gasteiger partial charge in [0, 0.05) is 0 Å². The zero-order valence-corrected chi connectivity index (χ0v) is 19.1. The molecule has 0 heterocycles. The summed E-state index contributed by atoms with van der Waals surface area (Å²) in [5.74, 6) is 0. The molecule has 0 aliphatic heterocycles. The van der Waals surface area contributed by atoms with E-state index in [2.05, 4.69) is 54.8 Å². The Kier molecular flexibility index (Phi) is 6.10. The second-order valence-electron chi connectivity index (χ2n) is 7.52. The van der Waals surface area contributed by atoms with E-state index in [9.17, 15) is 0 Å². The molecule has 1 rings (SSSR count). The van der Waals surface area contributed by atoms with Gasteiger partial charge in [-0.1, -0.05) is 0 Å². The van der Waals surface area contributed by atoms with Crippen molar-refractivity contribution in [2.24, 2.45) is 0 Å². The molecule has 0 radical (unpaired) electrons. The Morgan fingerprint density at radius 1 is 0.778 bits per heavy atom. The normalized spacial score (nSPS) is 12.8. The summed E-state index contributed by atoms with van der Waals surface area (Å²) in [6.07, 6.45) is 3.92. The third-order valence-corrected chi connectivity index (χ3v) is 15.1. The summed E-state index contributed by atoms with van der Waals surface area (Å²) in [4.78, 5) is 15.2. The van der Waals surface area contributed by atoms with E-state index < -0.39 is 36.8 Å². The van der Waals surface area contributed by atoms with Crippen LogP contribution in [0.15, 0.2) is 18.2 Å². The van der Waals surface area contributed by atoms with Crippen LogP contribution in [0.2, 0.25) is 29.6 Å². The summed E-state index contributed by atoms with van der Waals surface area (Å²) >= 11 is -3.85. The Bertz CT molecular complexity index is 362. The molecule has 2 heteroatoms. The van der Waals surface area contributed by atoms with E-state index >= 15 is 0 Å². The predicted molar refractivity (Wildman–Crippen MR) is 91.0 cm³/mol. The van der Waals surface area contributed by atoms with E-state index in [1.54, 1.807) is 12.7 Å². The van der Waals surface area contributed by atoms with Gasteiger partial charge in [-0.2, -0.15) is 0 Å². The SMILES string of the molecule is CCCCc1c[c]([Sn]([CH3])([CH3])[CH3])c[c]([Sn]([CH3])([CH3])[CH3])c1. The van der Waals surface area contributed by atoms with E-state index in [1.807, 2.05) is 0 Å². The van der Waals surface area contributed by atoms with Crippen LogP contribution in [0.4, 0.5) is 0 Å². The topological polar surface area (TPSA) is 0 Å². The molecule has 0 saturated heterocycles. The standard InChI is InChI=1S/C10H12.6CH3.2Sn/c1-2-3-7-10-8-5-4-6-9-10;;;;;;;;/h4,8-9H,2-3,7H2,1H3;6*1H3;;. The maximum atomic E-state index is 2.58. The van der Waals surface area contributed by atoms with Gasteiger partial charge in [0.2, 0.25) is 0 Å². The third kappa shape index (κ3) is 5.07. The molecular weight excluding hydrogens is 430 g/mol. The minimum absolute atomic E-state index is 1.28. The zero-order valence-electron chi connectivity index (χ0n) is 13.4. The number of unbranched alkanes of at least 4 members (excludes halogenated alkanes) is 1. The van der Waals surface area contributed by atoms with Crippen molar-refractivity contribution in [1.82, 2.24) is 0 Å². The van der Waals surface area contributed by atoms with E-state index in [0.717, 1.165) is 0 Å². The van der Waals surface area contributed by atoms with Crippen LogP contribution >= 0.6 is 0 Å². The van der Waals surface area contributed by atoms with Gasteiger partial charge in [0.15, 0.2) is 0 Å². The molecule has 18 heavy (non-hydrogen) atoms. The molecule has 0 unspecified atom stereocenters. The maximum absolute atomic E-state index is 2.58. The molecule has 0 amide bonds. The van der Waals surface area contributed by atoms with E-state index in [-0.39, 0.29) is 0 Å². The molecule has 0 atom stereocenters. The van der Waals surface area contributed by atoms with Crippen LogP contribution in [0.1, 0.15) is 25.3 Å². The molecule has 0 fully saturated rings. The molecule has 102 valence electrons. The first-order valence-corrected chi connectivity index (χ1v) is 27.3. The van der Waals surface area contributed by atoms with Gasteiger partial charge < -0.3 is 0 Å². The van der Waals surface area contributed by atoms with Gasteiger partial charge in [0.1, 0.15) is 0 Å². The molecule has 0 bridgehead atoms. The van der Waals surface area contributed by atoms with Crippen molar-refractivity contribution in [1.29, 1.82) is 0 Å². The van der Waals surface area contributed by atoms with Crippen LogP contribution in [0, 0.1) is 0 Å². The van der Waals surface area contributed by atoms with E-state index in [1.165, 1.54) is 19.3 Å². The summed E-state index contributed by atoms with van der Waals surface area (Å²) < 4.78 is 3.47. The Balaban J connectivity index is 3.21. The Morgan fingerprint density at radius 2 is 1.22 bits per heavy atom. The molecule has 0 aliphatic rings. The predicted octanol–water partition coefficient (Wildman–Crippen LogP) is 4.12. The number of hydrogen-bond acceptors (Lipinski definition) is 0. The van der Waals surface area contributed by atoms with Crippen molar-refractivity contribution in [3.8, 4) is 0 Å². The second kappa shape index (κ2) is 6.51. The second-order valence-corrected chi connectivity index (χ2v) is 36.5. The fraction of sp³-hybridized carbons (Fsp3) is 0.625. The molecule has 0 N–H and O–H groups in total. The average molecular weight is 460 g/mol. The zero-order chi connectivity index (χ0) is 14.0. The summed E-state index contributed by atoms with van der Waals surface area (Å²) in [5.41, 5.74) is 1.61. The molecule has 0 saturated carbocycles. The van der Waals surface area contributed by atoms with Crippen molar-refractivity contribution in [2.45, 2.75) is 55.8 Å². The van der Waals surface area contributed by atoms with Crippen LogP contribution < -0.4 is 7.16 Å². The van der Waals surface area contributed by atoms with Crippen molar-refractivity contribution < 1.29 is 0 Å². The summed E-state index contributed by atoms with van der Waals surface area (Å²) in [6, 6.07) is 7.65. The molecular formula is C16H30Sn2. The fourth-order valence-corrected chi connectivity index (χ4v) is 10.1. The minimum atomic E-state index is -1.92. The molecule has 0 nitrogen and oxygen atoms in total. The van der Waals surface area contributed by atoms with Gasteiger partial charge in [0.25, 0.3) is 0 Å². The molecule has 1 aromatic rings. The molecule has 0 spiro atoms. The molecule has 1 aromatic carbocycles.